The number of likely N-dealkylation sites (tertiary alicyclic amines) is 1. The van der Waals surface area contributed by atoms with Crippen LogP contribution in [-0.2, 0) is 14.4 Å². The van der Waals surface area contributed by atoms with Gasteiger partial charge in [-0.15, -0.1) is 0 Å². The Labute approximate surface area is 139 Å². The van der Waals surface area contributed by atoms with Crippen LogP contribution in [0, 0.1) is 5.41 Å². The molecule has 0 radical (unpaired) electrons. The van der Waals surface area contributed by atoms with E-state index in [4.69, 9.17) is 0 Å². The smallest absolute Gasteiger partial charge is 0.225 e. The Bertz CT molecular complexity index is 435. The molecule has 0 unspecified atom stereocenters. The molecule has 1 aliphatic heterocycles. The van der Waals surface area contributed by atoms with Gasteiger partial charge in [0, 0.05) is 51.5 Å². The van der Waals surface area contributed by atoms with Gasteiger partial charge in [0.25, 0.3) is 0 Å². The van der Waals surface area contributed by atoms with Gasteiger partial charge in [0.05, 0.1) is 0 Å². The topological polar surface area (TPSA) is 69.7 Å². The van der Waals surface area contributed by atoms with Gasteiger partial charge in [-0.25, -0.2) is 0 Å². The molecule has 1 rings (SSSR count). The van der Waals surface area contributed by atoms with Crippen LogP contribution in [0.15, 0.2) is 0 Å². The molecule has 1 saturated heterocycles. The summed E-state index contributed by atoms with van der Waals surface area (Å²) in [5, 5.41) is 2.86. The quantitative estimate of drug-likeness (QED) is 0.777. The van der Waals surface area contributed by atoms with Crippen LogP contribution in [0.3, 0.4) is 0 Å². The number of amides is 3. The standard InChI is InChI=1S/C17H31N3O3/c1-13(21)19(5)14-8-11-20(12-9-14)15(22)7-6-10-18-16(23)17(2,3)4/h14H,6-12H2,1-5H3,(H,18,23). The summed E-state index contributed by atoms with van der Waals surface area (Å²) >= 11 is 0. The van der Waals surface area contributed by atoms with Crippen molar-refractivity contribution in [3.63, 3.8) is 0 Å². The molecule has 23 heavy (non-hydrogen) atoms. The summed E-state index contributed by atoms with van der Waals surface area (Å²) in [5.74, 6) is 0.223. The van der Waals surface area contributed by atoms with Crippen molar-refractivity contribution >= 4 is 17.7 Å². The molecule has 1 aliphatic rings. The normalized spacial score (nSPS) is 16.1. The second-order valence-electron chi connectivity index (χ2n) is 7.35. The minimum absolute atomic E-state index is 0.0121. The fraction of sp³-hybridized carbons (Fsp3) is 0.824. The van der Waals surface area contributed by atoms with E-state index in [0.29, 0.717) is 32.5 Å². The van der Waals surface area contributed by atoms with Crippen molar-refractivity contribution in [2.45, 2.75) is 59.4 Å². The molecule has 6 nitrogen and oxygen atoms in total. The lowest BCUT2D eigenvalue weighted by Gasteiger charge is -2.36. The lowest BCUT2D eigenvalue weighted by Crippen LogP contribution is -2.46. The van der Waals surface area contributed by atoms with Crippen LogP contribution >= 0.6 is 0 Å². The molecule has 1 fully saturated rings. The second-order valence-corrected chi connectivity index (χ2v) is 7.35. The first-order valence-electron chi connectivity index (χ1n) is 8.42. The summed E-state index contributed by atoms with van der Waals surface area (Å²) in [6, 6.07) is 0.239. The summed E-state index contributed by atoms with van der Waals surface area (Å²) in [6.07, 6.45) is 2.79. The molecule has 0 bridgehead atoms. The number of nitrogens with zero attached hydrogens (tertiary/aromatic N) is 2. The Kier molecular flexibility index (Phi) is 7.03. The Morgan fingerprint density at radius 3 is 2.22 bits per heavy atom. The van der Waals surface area contributed by atoms with E-state index < -0.39 is 5.41 Å². The van der Waals surface area contributed by atoms with Crippen molar-refractivity contribution in [3.05, 3.63) is 0 Å². The van der Waals surface area contributed by atoms with E-state index in [1.54, 1.807) is 11.8 Å². The van der Waals surface area contributed by atoms with Crippen LogP contribution in [0.2, 0.25) is 0 Å². The maximum atomic E-state index is 12.2. The van der Waals surface area contributed by atoms with Gasteiger partial charge in [0.1, 0.15) is 0 Å². The van der Waals surface area contributed by atoms with Crippen molar-refractivity contribution in [3.8, 4) is 0 Å². The predicted molar refractivity (Wildman–Crippen MR) is 89.7 cm³/mol. The maximum Gasteiger partial charge on any atom is 0.225 e. The van der Waals surface area contributed by atoms with E-state index in [1.165, 1.54) is 0 Å². The Hall–Kier alpha value is -1.59. The van der Waals surface area contributed by atoms with Crippen LogP contribution in [0.25, 0.3) is 0 Å². The average Bonchev–Trinajstić information content (AvgIpc) is 2.49. The molecule has 132 valence electrons. The molecule has 0 aromatic rings. The number of carbonyl (C=O) groups excluding carboxylic acids is 3. The van der Waals surface area contributed by atoms with Crippen LogP contribution in [0.1, 0.15) is 53.4 Å². The minimum Gasteiger partial charge on any atom is -0.356 e. The van der Waals surface area contributed by atoms with E-state index in [1.807, 2.05) is 32.7 Å². The van der Waals surface area contributed by atoms with Gasteiger partial charge in [-0.3, -0.25) is 14.4 Å². The number of hydrogen-bond donors (Lipinski definition) is 1. The van der Waals surface area contributed by atoms with Crippen LogP contribution in [0.4, 0.5) is 0 Å². The summed E-state index contributed by atoms with van der Waals surface area (Å²) in [6.45, 7) is 9.13. The van der Waals surface area contributed by atoms with Crippen molar-refractivity contribution < 1.29 is 14.4 Å². The molecule has 0 saturated carbocycles. The third-order valence-corrected chi connectivity index (χ3v) is 4.40. The van der Waals surface area contributed by atoms with Crippen molar-refractivity contribution in [1.29, 1.82) is 0 Å². The van der Waals surface area contributed by atoms with Crippen LogP contribution in [-0.4, -0.2) is 60.2 Å². The molecule has 1 N–H and O–H groups in total. The van der Waals surface area contributed by atoms with Gasteiger partial charge in [-0.05, 0) is 19.3 Å². The van der Waals surface area contributed by atoms with Gasteiger partial charge in [0.2, 0.25) is 17.7 Å². The molecule has 0 aromatic carbocycles. The first-order valence-corrected chi connectivity index (χ1v) is 8.42. The highest BCUT2D eigenvalue weighted by Gasteiger charge is 2.26. The van der Waals surface area contributed by atoms with Gasteiger partial charge in [-0.1, -0.05) is 20.8 Å². The second kappa shape index (κ2) is 8.31. The SMILES string of the molecule is CC(=O)N(C)C1CCN(C(=O)CCCNC(=O)C(C)(C)C)CC1. The molecule has 0 atom stereocenters. The van der Waals surface area contributed by atoms with Gasteiger partial charge in [-0.2, -0.15) is 0 Å². The molecular weight excluding hydrogens is 294 g/mol. The zero-order valence-electron chi connectivity index (χ0n) is 15.1. The first-order chi connectivity index (χ1) is 10.6. The number of carbonyl (C=O) groups is 3. The Balaban J connectivity index is 2.25. The van der Waals surface area contributed by atoms with Crippen molar-refractivity contribution in [1.82, 2.24) is 15.1 Å². The molecule has 6 heteroatoms. The van der Waals surface area contributed by atoms with E-state index in [-0.39, 0.29) is 23.8 Å². The number of hydrogen-bond acceptors (Lipinski definition) is 3. The lowest BCUT2D eigenvalue weighted by atomic mass is 9.96. The number of nitrogens with one attached hydrogen (secondary N) is 1. The molecular formula is C17H31N3O3. The highest BCUT2D eigenvalue weighted by Crippen LogP contribution is 2.17. The number of rotatable bonds is 5. The summed E-state index contributed by atoms with van der Waals surface area (Å²) in [5.41, 5.74) is -0.394. The van der Waals surface area contributed by atoms with Gasteiger partial charge >= 0.3 is 0 Å². The Morgan fingerprint density at radius 2 is 1.74 bits per heavy atom. The minimum atomic E-state index is -0.394. The zero-order chi connectivity index (χ0) is 17.6. The monoisotopic (exact) mass is 325 g/mol. The molecule has 0 spiro atoms. The molecule has 1 heterocycles. The molecule has 0 aliphatic carbocycles. The fourth-order valence-electron chi connectivity index (χ4n) is 2.62. The molecule has 3 amide bonds. The van der Waals surface area contributed by atoms with E-state index in [0.717, 1.165) is 12.8 Å². The lowest BCUT2D eigenvalue weighted by molar-refractivity contribution is -0.135. The average molecular weight is 325 g/mol. The largest absolute Gasteiger partial charge is 0.356 e. The predicted octanol–water partition coefficient (Wildman–Crippen LogP) is 1.40. The van der Waals surface area contributed by atoms with Gasteiger partial charge in [0.15, 0.2) is 0 Å². The number of piperidine rings is 1. The van der Waals surface area contributed by atoms with E-state index in [2.05, 4.69) is 5.32 Å². The zero-order valence-corrected chi connectivity index (χ0v) is 15.1. The fourth-order valence-corrected chi connectivity index (χ4v) is 2.62. The molecule has 0 aromatic heterocycles. The van der Waals surface area contributed by atoms with Crippen LogP contribution < -0.4 is 5.32 Å². The third kappa shape index (κ3) is 6.20. The van der Waals surface area contributed by atoms with Gasteiger partial charge < -0.3 is 15.1 Å². The highest BCUT2D eigenvalue weighted by molar-refractivity contribution is 5.81. The van der Waals surface area contributed by atoms with Crippen LogP contribution in [0.5, 0.6) is 0 Å². The first kappa shape index (κ1) is 19.5. The van der Waals surface area contributed by atoms with E-state index in [9.17, 15) is 14.4 Å². The Morgan fingerprint density at radius 1 is 1.17 bits per heavy atom. The highest BCUT2D eigenvalue weighted by atomic mass is 16.2. The van der Waals surface area contributed by atoms with Crippen molar-refractivity contribution in [2.24, 2.45) is 5.41 Å². The summed E-state index contributed by atoms with van der Waals surface area (Å²) in [7, 11) is 1.82. The third-order valence-electron chi connectivity index (χ3n) is 4.40. The summed E-state index contributed by atoms with van der Waals surface area (Å²) in [4.78, 5) is 38.9. The van der Waals surface area contributed by atoms with Crippen molar-refractivity contribution in [2.75, 3.05) is 26.7 Å². The van der Waals surface area contributed by atoms with E-state index >= 15 is 0 Å². The maximum absolute atomic E-state index is 12.2. The summed E-state index contributed by atoms with van der Waals surface area (Å²) < 4.78 is 0.